The molecule has 0 unspecified atom stereocenters. The summed E-state index contributed by atoms with van der Waals surface area (Å²) in [5.74, 6) is 0. The molecule has 1 saturated heterocycles. The van der Waals surface area contributed by atoms with Crippen LogP contribution in [0.1, 0.15) is 46.0 Å². The van der Waals surface area contributed by atoms with E-state index in [1.807, 2.05) is 6.92 Å². The standard InChI is InChI=1S/C15H26BrN3O/c1-7-19-12(13(16)11(2)17-19)8-18-9-14(3,4)20-15(5,6)10-18/h7-10H2,1-6H3. The average Bonchev–Trinajstić information content (AvgIpc) is 2.52. The molecule has 0 spiro atoms. The van der Waals surface area contributed by atoms with Crippen molar-refractivity contribution in [3.05, 3.63) is 15.9 Å². The SMILES string of the molecule is CCn1nc(C)c(Br)c1CN1CC(C)(C)OC(C)(C)C1. The molecule has 0 atom stereocenters. The predicted octanol–water partition coefficient (Wildman–Crippen LogP) is 3.36. The third-order valence-corrected chi connectivity index (χ3v) is 4.62. The lowest BCUT2D eigenvalue weighted by molar-refractivity contribution is -0.182. The van der Waals surface area contributed by atoms with Crippen molar-refractivity contribution in [3.8, 4) is 0 Å². The van der Waals surface area contributed by atoms with Crippen LogP contribution in [0.25, 0.3) is 0 Å². The predicted molar refractivity (Wildman–Crippen MR) is 84.9 cm³/mol. The second-order valence-electron chi connectivity index (χ2n) is 6.93. The zero-order chi connectivity index (χ0) is 15.1. The summed E-state index contributed by atoms with van der Waals surface area (Å²) >= 11 is 3.68. The van der Waals surface area contributed by atoms with E-state index in [1.54, 1.807) is 0 Å². The highest BCUT2D eigenvalue weighted by atomic mass is 79.9. The van der Waals surface area contributed by atoms with Gasteiger partial charge in [-0.05, 0) is 57.5 Å². The van der Waals surface area contributed by atoms with Gasteiger partial charge in [-0.1, -0.05) is 0 Å². The van der Waals surface area contributed by atoms with E-state index in [2.05, 4.69) is 65.2 Å². The fourth-order valence-electron chi connectivity index (χ4n) is 3.29. The normalized spacial score (nSPS) is 22.1. The molecular weight excluding hydrogens is 318 g/mol. The van der Waals surface area contributed by atoms with Crippen molar-refractivity contribution in [1.82, 2.24) is 14.7 Å². The first kappa shape index (κ1) is 16.0. The van der Waals surface area contributed by atoms with Crippen molar-refractivity contribution < 1.29 is 4.74 Å². The van der Waals surface area contributed by atoms with Crippen LogP contribution in [0.4, 0.5) is 0 Å². The Morgan fingerprint density at radius 2 is 1.75 bits per heavy atom. The van der Waals surface area contributed by atoms with E-state index < -0.39 is 0 Å². The summed E-state index contributed by atoms with van der Waals surface area (Å²) in [4.78, 5) is 2.47. The monoisotopic (exact) mass is 343 g/mol. The van der Waals surface area contributed by atoms with Crippen LogP contribution < -0.4 is 0 Å². The van der Waals surface area contributed by atoms with Gasteiger partial charge in [0.2, 0.25) is 0 Å². The Hall–Kier alpha value is -0.390. The molecule has 114 valence electrons. The van der Waals surface area contributed by atoms with Crippen LogP contribution in [-0.4, -0.2) is 39.0 Å². The zero-order valence-corrected chi connectivity index (χ0v) is 15.0. The highest BCUT2D eigenvalue weighted by molar-refractivity contribution is 9.10. The number of ether oxygens (including phenoxy) is 1. The lowest BCUT2D eigenvalue weighted by Gasteiger charge is -2.47. The van der Waals surface area contributed by atoms with E-state index in [-0.39, 0.29) is 11.2 Å². The van der Waals surface area contributed by atoms with Gasteiger partial charge >= 0.3 is 0 Å². The lowest BCUT2D eigenvalue weighted by Crippen LogP contribution is -2.56. The molecule has 1 aliphatic rings. The highest BCUT2D eigenvalue weighted by Gasteiger charge is 2.38. The van der Waals surface area contributed by atoms with Crippen molar-refractivity contribution in [3.63, 3.8) is 0 Å². The van der Waals surface area contributed by atoms with E-state index in [0.29, 0.717) is 0 Å². The van der Waals surface area contributed by atoms with Gasteiger partial charge < -0.3 is 4.74 Å². The first-order valence-electron chi connectivity index (χ1n) is 7.28. The Morgan fingerprint density at radius 3 is 2.25 bits per heavy atom. The van der Waals surface area contributed by atoms with Gasteiger partial charge in [0.25, 0.3) is 0 Å². The zero-order valence-electron chi connectivity index (χ0n) is 13.5. The van der Waals surface area contributed by atoms with Gasteiger partial charge in [-0.15, -0.1) is 0 Å². The molecular formula is C15H26BrN3O. The smallest absolute Gasteiger partial charge is 0.0760 e. The summed E-state index contributed by atoms with van der Waals surface area (Å²) in [5, 5.41) is 4.58. The second kappa shape index (κ2) is 5.43. The Morgan fingerprint density at radius 1 is 1.20 bits per heavy atom. The molecule has 4 nitrogen and oxygen atoms in total. The van der Waals surface area contributed by atoms with Gasteiger partial charge in [0, 0.05) is 26.2 Å². The molecule has 0 saturated carbocycles. The van der Waals surface area contributed by atoms with Crippen LogP contribution in [0.5, 0.6) is 0 Å². The quantitative estimate of drug-likeness (QED) is 0.842. The summed E-state index contributed by atoms with van der Waals surface area (Å²) in [7, 11) is 0. The summed E-state index contributed by atoms with van der Waals surface area (Å²) in [6.07, 6.45) is 0. The van der Waals surface area contributed by atoms with Crippen LogP contribution >= 0.6 is 15.9 Å². The first-order chi connectivity index (χ1) is 9.13. The maximum Gasteiger partial charge on any atom is 0.0760 e. The van der Waals surface area contributed by atoms with Gasteiger partial charge in [0.1, 0.15) is 0 Å². The molecule has 1 fully saturated rings. The maximum absolute atomic E-state index is 6.15. The van der Waals surface area contributed by atoms with Crippen molar-refractivity contribution in [2.75, 3.05) is 13.1 Å². The third-order valence-electron chi connectivity index (χ3n) is 3.59. The lowest BCUT2D eigenvalue weighted by atomic mass is 9.99. The van der Waals surface area contributed by atoms with Crippen molar-refractivity contribution >= 4 is 15.9 Å². The van der Waals surface area contributed by atoms with Crippen LogP contribution in [0.15, 0.2) is 4.47 Å². The maximum atomic E-state index is 6.15. The minimum atomic E-state index is -0.111. The fraction of sp³-hybridized carbons (Fsp3) is 0.800. The molecule has 0 aliphatic carbocycles. The van der Waals surface area contributed by atoms with Gasteiger partial charge in [-0.3, -0.25) is 9.58 Å². The summed E-state index contributed by atoms with van der Waals surface area (Å²) in [5.41, 5.74) is 2.10. The molecule has 2 rings (SSSR count). The Kier molecular flexibility index (Phi) is 4.34. The van der Waals surface area contributed by atoms with Crippen LogP contribution in [0.3, 0.4) is 0 Å². The average molecular weight is 344 g/mol. The van der Waals surface area contributed by atoms with E-state index in [4.69, 9.17) is 4.74 Å². The number of halogens is 1. The number of aromatic nitrogens is 2. The van der Waals surface area contributed by atoms with E-state index >= 15 is 0 Å². The molecule has 2 heterocycles. The number of hydrogen-bond acceptors (Lipinski definition) is 3. The third kappa shape index (κ3) is 3.43. The van der Waals surface area contributed by atoms with Crippen LogP contribution in [0, 0.1) is 6.92 Å². The molecule has 5 heteroatoms. The van der Waals surface area contributed by atoms with Gasteiger partial charge in [0.15, 0.2) is 0 Å². The van der Waals surface area contributed by atoms with E-state index in [1.165, 1.54) is 5.69 Å². The largest absolute Gasteiger partial charge is 0.367 e. The molecule has 1 aliphatic heterocycles. The summed E-state index contributed by atoms with van der Waals surface area (Å²) in [6.45, 7) is 16.5. The number of rotatable bonds is 3. The highest BCUT2D eigenvalue weighted by Crippen LogP contribution is 2.30. The van der Waals surface area contributed by atoms with Crippen molar-refractivity contribution in [2.24, 2.45) is 0 Å². The van der Waals surface area contributed by atoms with Crippen LogP contribution in [0.2, 0.25) is 0 Å². The van der Waals surface area contributed by atoms with Crippen molar-refractivity contribution in [1.29, 1.82) is 0 Å². The molecule has 0 radical (unpaired) electrons. The first-order valence-corrected chi connectivity index (χ1v) is 8.07. The second-order valence-corrected chi connectivity index (χ2v) is 7.72. The minimum absolute atomic E-state index is 0.111. The summed E-state index contributed by atoms with van der Waals surface area (Å²) in [6, 6.07) is 0. The number of morpholine rings is 1. The molecule has 0 bridgehead atoms. The fourth-order valence-corrected chi connectivity index (χ4v) is 3.70. The van der Waals surface area contributed by atoms with Gasteiger partial charge in [0.05, 0.1) is 27.1 Å². The molecule has 1 aromatic rings. The van der Waals surface area contributed by atoms with E-state index in [9.17, 15) is 0 Å². The number of aryl methyl sites for hydroxylation is 2. The Bertz CT molecular complexity index is 478. The molecule has 0 amide bonds. The summed E-state index contributed by atoms with van der Waals surface area (Å²) < 4.78 is 9.38. The topological polar surface area (TPSA) is 30.3 Å². The molecule has 1 aromatic heterocycles. The van der Waals surface area contributed by atoms with Gasteiger partial charge in [-0.2, -0.15) is 5.10 Å². The van der Waals surface area contributed by atoms with Crippen LogP contribution in [-0.2, 0) is 17.8 Å². The van der Waals surface area contributed by atoms with Gasteiger partial charge in [-0.25, -0.2) is 0 Å². The Balaban J connectivity index is 2.21. The minimum Gasteiger partial charge on any atom is -0.367 e. The molecule has 0 aromatic carbocycles. The number of hydrogen-bond donors (Lipinski definition) is 0. The Labute approximate surface area is 130 Å². The molecule has 0 N–H and O–H groups in total. The number of nitrogens with zero attached hydrogens (tertiary/aromatic N) is 3. The van der Waals surface area contributed by atoms with Crippen molar-refractivity contribution in [2.45, 2.75) is 65.8 Å². The van der Waals surface area contributed by atoms with E-state index in [0.717, 1.165) is 36.3 Å². The molecule has 20 heavy (non-hydrogen) atoms.